The van der Waals surface area contributed by atoms with Crippen LogP contribution in [0, 0.1) is 0 Å². The van der Waals surface area contributed by atoms with Crippen LogP contribution in [0.25, 0.3) is 0 Å². The summed E-state index contributed by atoms with van der Waals surface area (Å²) >= 11 is 5.76. The van der Waals surface area contributed by atoms with Gasteiger partial charge in [0.2, 0.25) is 4.38 Å². The topological polar surface area (TPSA) is 38.3 Å². The average molecular weight is 205 g/mol. The number of rotatable bonds is 2. The Kier molecular flexibility index (Phi) is 5.74. The van der Waals surface area contributed by atoms with Gasteiger partial charge in [-0.1, -0.05) is 6.58 Å². The molecular weight excluding hydrogens is 194 g/mol. The van der Waals surface area contributed by atoms with Gasteiger partial charge in [0, 0.05) is 11.9 Å². The summed E-state index contributed by atoms with van der Waals surface area (Å²) in [7, 11) is 0. The Hall–Kier alpha value is -0.550. The van der Waals surface area contributed by atoms with Gasteiger partial charge in [-0.25, -0.2) is 0 Å². The van der Waals surface area contributed by atoms with Gasteiger partial charge in [-0.15, -0.1) is 0 Å². The molecule has 0 aliphatic heterocycles. The van der Waals surface area contributed by atoms with Crippen LogP contribution in [0.2, 0.25) is 0 Å². The quantitative estimate of drug-likeness (QED) is 0.422. The van der Waals surface area contributed by atoms with E-state index in [1.165, 1.54) is 6.08 Å². The smallest absolute Gasteiger partial charge is 0.253 e. The van der Waals surface area contributed by atoms with Crippen molar-refractivity contribution >= 4 is 34.5 Å². The molecule has 0 spiro atoms. The van der Waals surface area contributed by atoms with E-state index < -0.39 is 0 Å². The van der Waals surface area contributed by atoms with E-state index in [9.17, 15) is 4.79 Å². The molecule has 0 aromatic heterocycles. The van der Waals surface area contributed by atoms with Crippen LogP contribution in [0.5, 0.6) is 0 Å². The third-order valence-electron chi connectivity index (χ3n) is 0.752. The maximum Gasteiger partial charge on any atom is 0.253 e. The molecule has 0 bridgehead atoms. The lowest BCUT2D eigenvalue weighted by Crippen LogP contribution is -2.17. The van der Waals surface area contributed by atoms with Gasteiger partial charge in [-0.3, -0.25) is 9.52 Å². The largest absolute Gasteiger partial charge is 0.475 e. The molecule has 0 heterocycles. The number of hydrogen-bond donors (Lipinski definition) is 1. The van der Waals surface area contributed by atoms with Crippen LogP contribution in [0.4, 0.5) is 0 Å². The van der Waals surface area contributed by atoms with Gasteiger partial charge in [0.25, 0.3) is 5.91 Å². The van der Waals surface area contributed by atoms with E-state index in [1.54, 1.807) is 0 Å². The summed E-state index contributed by atoms with van der Waals surface area (Å²) in [6, 6.07) is 0. The Morgan fingerprint density at radius 2 is 2.33 bits per heavy atom. The average Bonchev–Trinajstić information content (AvgIpc) is 1.99. The summed E-state index contributed by atoms with van der Waals surface area (Å²) < 4.78 is 7.83. The molecule has 0 aromatic carbocycles. The Morgan fingerprint density at radius 3 is 2.75 bits per heavy atom. The van der Waals surface area contributed by atoms with E-state index in [0.717, 1.165) is 11.9 Å². The second-order valence-electron chi connectivity index (χ2n) is 2.19. The van der Waals surface area contributed by atoms with Crippen molar-refractivity contribution in [2.45, 2.75) is 20.0 Å². The van der Waals surface area contributed by atoms with Gasteiger partial charge in [0.1, 0.15) is 0 Å². The number of amides is 1. The summed E-state index contributed by atoms with van der Waals surface area (Å²) in [5, 5.41) is 0. The summed E-state index contributed by atoms with van der Waals surface area (Å²) in [5.41, 5.74) is 0. The van der Waals surface area contributed by atoms with E-state index in [2.05, 4.69) is 11.3 Å². The first-order chi connectivity index (χ1) is 5.56. The van der Waals surface area contributed by atoms with Crippen molar-refractivity contribution in [1.82, 2.24) is 4.72 Å². The van der Waals surface area contributed by atoms with Crippen molar-refractivity contribution in [3.05, 3.63) is 12.7 Å². The fourth-order valence-corrected chi connectivity index (χ4v) is 1.18. The minimum Gasteiger partial charge on any atom is -0.475 e. The molecule has 0 fully saturated rings. The van der Waals surface area contributed by atoms with Crippen molar-refractivity contribution in [1.29, 1.82) is 0 Å². The number of nitrogens with one attached hydrogen (secondary N) is 1. The zero-order valence-corrected chi connectivity index (χ0v) is 8.63. The Morgan fingerprint density at radius 1 is 1.75 bits per heavy atom. The summed E-state index contributed by atoms with van der Waals surface area (Å²) in [5.74, 6) is -0.283. The number of thiocarbonyl (C=S) groups is 1. The molecule has 0 rings (SSSR count). The van der Waals surface area contributed by atoms with Crippen LogP contribution < -0.4 is 4.72 Å². The predicted molar refractivity (Wildman–Crippen MR) is 54.7 cm³/mol. The molecule has 5 heteroatoms. The first kappa shape index (κ1) is 11.4. The van der Waals surface area contributed by atoms with Crippen molar-refractivity contribution < 1.29 is 9.53 Å². The summed E-state index contributed by atoms with van der Waals surface area (Å²) in [6.07, 6.45) is 1.20. The van der Waals surface area contributed by atoms with E-state index in [-0.39, 0.29) is 12.0 Å². The van der Waals surface area contributed by atoms with E-state index in [4.69, 9.17) is 17.0 Å². The molecule has 1 amide bonds. The minimum atomic E-state index is -0.283. The van der Waals surface area contributed by atoms with Crippen molar-refractivity contribution in [3.8, 4) is 0 Å². The fraction of sp³-hybridized carbons (Fsp3) is 0.429. The molecule has 0 saturated carbocycles. The first-order valence-corrected chi connectivity index (χ1v) is 4.58. The lowest BCUT2D eigenvalue weighted by molar-refractivity contribution is -0.114. The van der Waals surface area contributed by atoms with Crippen LogP contribution in [-0.2, 0) is 9.53 Å². The fourth-order valence-electron chi connectivity index (χ4n) is 0.350. The molecule has 68 valence electrons. The zero-order chi connectivity index (χ0) is 9.56. The van der Waals surface area contributed by atoms with Crippen molar-refractivity contribution in [2.75, 3.05) is 0 Å². The molecule has 0 aliphatic carbocycles. The Balaban J connectivity index is 3.57. The lowest BCUT2D eigenvalue weighted by atomic mass is 10.5. The summed E-state index contributed by atoms with van der Waals surface area (Å²) in [6.45, 7) is 7.02. The van der Waals surface area contributed by atoms with Crippen LogP contribution in [-0.4, -0.2) is 16.4 Å². The summed E-state index contributed by atoms with van der Waals surface area (Å²) in [4.78, 5) is 10.6. The molecule has 1 N–H and O–H groups in total. The first-order valence-electron chi connectivity index (χ1n) is 3.36. The normalized spacial score (nSPS) is 9.25. The third-order valence-corrected chi connectivity index (χ3v) is 1.66. The van der Waals surface area contributed by atoms with Gasteiger partial charge in [-0.2, -0.15) is 0 Å². The second kappa shape index (κ2) is 6.02. The van der Waals surface area contributed by atoms with Gasteiger partial charge < -0.3 is 4.74 Å². The molecule has 0 radical (unpaired) electrons. The van der Waals surface area contributed by atoms with Crippen LogP contribution in [0.15, 0.2) is 12.7 Å². The van der Waals surface area contributed by atoms with Gasteiger partial charge in [0.15, 0.2) is 0 Å². The van der Waals surface area contributed by atoms with E-state index in [1.807, 2.05) is 13.8 Å². The molecule has 0 aromatic rings. The highest BCUT2D eigenvalue weighted by Gasteiger charge is 2.02. The molecule has 3 nitrogen and oxygen atoms in total. The minimum absolute atomic E-state index is 0.0330. The van der Waals surface area contributed by atoms with Crippen molar-refractivity contribution in [3.63, 3.8) is 0 Å². The molecule has 0 unspecified atom stereocenters. The highest BCUT2D eigenvalue weighted by molar-refractivity contribution is 8.21. The third kappa shape index (κ3) is 6.18. The molecule has 12 heavy (non-hydrogen) atoms. The highest BCUT2D eigenvalue weighted by atomic mass is 32.2. The zero-order valence-electron chi connectivity index (χ0n) is 6.99. The monoisotopic (exact) mass is 205 g/mol. The predicted octanol–water partition coefficient (Wildman–Crippen LogP) is 1.65. The molecule has 0 atom stereocenters. The second-order valence-corrected chi connectivity index (χ2v) is 3.60. The molecular formula is C7H11NO2S2. The molecule has 0 aliphatic rings. The van der Waals surface area contributed by atoms with E-state index in [0.29, 0.717) is 4.38 Å². The number of ether oxygens (including phenoxy) is 1. The van der Waals surface area contributed by atoms with Gasteiger partial charge >= 0.3 is 0 Å². The maximum absolute atomic E-state index is 10.6. The SMILES string of the molecule is C=CC(=O)NSC(=S)OC(C)C. The highest BCUT2D eigenvalue weighted by Crippen LogP contribution is 2.03. The standard InChI is InChI=1S/C7H11NO2S2/c1-4-6(9)8-12-7(11)10-5(2)3/h4-5H,1H2,2-3H3,(H,8,9). The lowest BCUT2D eigenvalue weighted by Gasteiger charge is -2.08. The van der Waals surface area contributed by atoms with Gasteiger partial charge in [-0.05, 0) is 32.1 Å². The van der Waals surface area contributed by atoms with Crippen LogP contribution in [0.1, 0.15) is 13.8 Å². The van der Waals surface area contributed by atoms with Crippen LogP contribution >= 0.6 is 24.2 Å². The maximum atomic E-state index is 10.6. The number of hydrogen-bond acceptors (Lipinski definition) is 4. The Labute approximate surface area is 81.7 Å². The number of carbonyl (C=O) groups is 1. The van der Waals surface area contributed by atoms with Gasteiger partial charge in [0.05, 0.1) is 6.10 Å². The van der Waals surface area contributed by atoms with Crippen LogP contribution in [0.3, 0.4) is 0 Å². The van der Waals surface area contributed by atoms with Crippen molar-refractivity contribution in [2.24, 2.45) is 0 Å². The van der Waals surface area contributed by atoms with E-state index >= 15 is 0 Å². The molecule has 0 saturated heterocycles. The number of carbonyl (C=O) groups excluding carboxylic acids is 1. The Bertz CT molecular complexity index is 192.